The van der Waals surface area contributed by atoms with Gasteiger partial charge in [-0.3, -0.25) is 4.79 Å². The van der Waals surface area contributed by atoms with Crippen LogP contribution in [0.2, 0.25) is 5.02 Å². The first-order chi connectivity index (χ1) is 15.7. The smallest absolute Gasteiger partial charge is 0.330 e. The summed E-state index contributed by atoms with van der Waals surface area (Å²) in [7, 11) is 1.31. The van der Waals surface area contributed by atoms with Crippen molar-refractivity contribution >= 4 is 35.5 Å². The Labute approximate surface area is 197 Å². The van der Waals surface area contributed by atoms with Gasteiger partial charge < -0.3 is 14.3 Å². The Bertz CT molecular complexity index is 1250. The van der Waals surface area contributed by atoms with Crippen molar-refractivity contribution < 1.29 is 23.8 Å². The number of hydrogen-bond donors (Lipinski definition) is 1. The minimum atomic E-state index is -0.447. The molecule has 0 saturated heterocycles. The quantitative estimate of drug-likeness (QED) is 0.253. The van der Waals surface area contributed by atoms with Crippen molar-refractivity contribution in [2.24, 2.45) is 0 Å². The highest BCUT2D eigenvalue weighted by Gasteiger charge is 2.18. The van der Waals surface area contributed by atoms with Gasteiger partial charge in [0, 0.05) is 22.6 Å². The van der Waals surface area contributed by atoms with E-state index < -0.39 is 5.97 Å². The second kappa shape index (κ2) is 10.3. The van der Waals surface area contributed by atoms with Gasteiger partial charge in [0.15, 0.2) is 5.78 Å². The van der Waals surface area contributed by atoms with Gasteiger partial charge in [-0.25, -0.2) is 9.78 Å². The number of phenols is 1. The van der Waals surface area contributed by atoms with Gasteiger partial charge in [0.1, 0.15) is 17.2 Å². The van der Waals surface area contributed by atoms with Crippen LogP contribution in [0.4, 0.5) is 0 Å². The molecule has 0 radical (unpaired) electrons. The zero-order valence-corrected chi connectivity index (χ0v) is 19.5. The Balaban J connectivity index is 1.86. The normalized spacial score (nSPS) is 11.6. The van der Waals surface area contributed by atoms with Crippen molar-refractivity contribution in [3.63, 3.8) is 0 Å². The highest BCUT2D eigenvalue weighted by Crippen LogP contribution is 2.34. The molecule has 0 aliphatic rings. The predicted octanol–water partition coefficient (Wildman–Crippen LogP) is 6.21. The first-order valence-corrected chi connectivity index (χ1v) is 10.7. The van der Waals surface area contributed by atoms with E-state index in [1.165, 1.54) is 25.3 Å². The lowest BCUT2D eigenvalue weighted by molar-refractivity contribution is -0.134. The lowest BCUT2D eigenvalue weighted by atomic mass is 10.0. The molecule has 0 bridgehead atoms. The number of esters is 1. The summed E-state index contributed by atoms with van der Waals surface area (Å²) < 4.78 is 10.5. The van der Waals surface area contributed by atoms with E-state index in [-0.39, 0.29) is 23.3 Å². The molecule has 0 unspecified atom stereocenters. The summed E-state index contributed by atoms with van der Waals surface area (Å²) in [4.78, 5) is 28.5. The third-order valence-corrected chi connectivity index (χ3v) is 5.18. The Morgan fingerprint density at radius 1 is 1.12 bits per heavy atom. The number of allylic oxidation sites excluding steroid dienone is 1. The molecule has 3 aromatic rings. The summed E-state index contributed by atoms with van der Waals surface area (Å²) in [5.41, 5.74) is 3.09. The zero-order chi connectivity index (χ0) is 24.1. The molecular formula is C26H24ClNO5. The van der Waals surface area contributed by atoms with E-state index in [0.29, 0.717) is 27.6 Å². The van der Waals surface area contributed by atoms with Crippen molar-refractivity contribution in [1.82, 2.24) is 4.98 Å². The molecule has 0 amide bonds. The Hall–Kier alpha value is -3.64. The van der Waals surface area contributed by atoms with Gasteiger partial charge in [-0.1, -0.05) is 37.6 Å². The van der Waals surface area contributed by atoms with Crippen LogP contribution in [0.3, 0.4) is 0 Å². The van der Waals surface area contributed by atoms with Crippen LogP contribution in [-0.2, 0) is 9.53 Å². The number of nitrogens with zero attached hydrogens (tertiary/aromatic N) is 1. The number of aryl methyl sites for hydroxylation is 1. The van der Waals surface area contributed by atoms with Crippen molar-refractivity contribution in [2.45, 2.75) is 26.7 Å². The molecule has 33 heavy (non-hydrogen) atoms. The standard InChI is InChI=1S/C26H24ClNO5/c1-15(2)25-21(28-26(33-25)20-9-8-19(27)14-23(20)30)10-11-22(29)18-6-5-17(16(3)13-18)7-12-24(31)32-4/h5-15,30H,1-4H3. The number of methoxy groups -OCH3 is 1. The van der Waals surface area contributed by atoms with Gasteiger partial charge in [0.25, 0.3) is 0 Å². The third-order valence-electron chi connectivity index (χ3n) is 4.94. The van der Waals surface area contributed by atoms with Crippen LogP contribution in [0.1, 0.15) is 52.7 Å². The highest BCUT2D eigenvalue weighted by molar-refractivity contribution is 6.30. The maximum absolute atomic E-state index is 12.8. The molecule has 6 nitrogen and oxygen atoms in total. The van der Waals surface area contributed by atoms with Crippen molar-refractivity contribution in [3.05, 3.63) is 81.7 Å². The fourth-order valence-corrected chi connectivity index (χ4v) is 3.34. The van der Waals surface area contributed by atoms with E-state index in [9.17, 15) is 14.7 Å². The van der Waals surface area contributed by atoms with Crippen LogP contribution < -0.4 is 0 Å². The van der Waals surface area contributed by atoms with Gasteiger partial charge in [-0.05, 0) is 60.5 Å². The number of rotatable bonds is 7. The predicted molar refractivity (Wildman–Crippen MR) is 128 cm³/mol. The second-order valence-corrected chi connectivity index (χ2v) is 8.15. The summed E-state index contributed by atoms with van der Waals surface area (Å²) in [5.74, 6) is 0.175. The number of halogens is 1. The monoisotopic (exact) mass is 465 g/mol. The first kappa shape index (κ1) is 24.0. The van der Waals surface area contributed by atoms with E-state index in [1.807, 2.05) is 20.8 Å². The van der Waals surface area contributed by atoms with Crippen molar-refractivity contribution in [3.8, 4) is 17.2 Å². The Kier molecular flexibility index (Phi) is 7.51. The number of ether oxygens (including phenoxy) is 1. The molecule has 0 spiro atoms. The van der Waals surface area contributed by atoms with Gasteiger partial charge in [-0.15, -0.1) is 0 Å². The van der Waals surface area contributed by atoms with Crippen LogP contribution in [0.15, 0.2) is 53.0 Å². The van der Waals surface area contributed by atoms with E-state index in [4.69, 9.17) is 16.0 Å². The molecule has 2 aromatic carbocycles. The SMILES string of the molecule is COC(=O)C=Cc1ccc(C(=O)C=Cc2nc(-c3ccc(Cl)cc3O)oc2C(C)C)cc1C. The second-order valence-electron chi connectivity index (χ2n) is 7.71. The minimum Gasteiger partial charge on any atom is -0.507 e. The Morgan fingerprint density at radius 3 is 2.52 bits per heavy atom. The number of carbonyl (C=O) groups is 2. The molecule has 0 aliphatic heterocycles. The fourth-order valence-electron chi connectivity index (χ4n) is 3.17. The number of carbonyl (C=O) groups excluding carboxylic acids is 2. The topological polar surface area (TPSA) is 89.6 Å². The molecule has 0 atom stereocenters. The summed E-state index contributed by atoms with van der Waals surface area (Å²) in [6.07, 6.45) is 6.02. The van der Waals surface area contributed by atoms with Crippen molar-refractivity contribution in [1.29, 1.82) is 0 Å². The molecule has 0 fully saturated rings. The fraction of sp³-hybridized carbons (Fsp3) is 0.192. The number of ketones is 1. The van der Waals surface area contributed by atoms with Crippen molar-refractivity contribution in [2.75, 3.05) is 7.11 Å². The van der Waals surface area contributed by atoms with Gasteiger partial charge >= 0.3 is 5.97 Å². The van der Waals surface area contributed by atoms with Crippen LogP contribution in [0.25, 0.3) is 23.6 Å². The van der Waals surface area contributed by atoms with Gasteiger partial charge in [-0.2, -0.15) is 0 Å². The van der Waals surface area contributed by atoms with E-state index in [2.05, 4.69) is 9.72 Å². The number of aromatic nitrogens is 1. The van der Waals surface area contributed by atoms with Gasteiger partial charge in [0.05, 0.1) is 12.7 Å². The zero-order valence-electron chi connectivity index (χ0n) is 18.8. The molecule has 0 saturated carbocycles. The largest absolute Gasteiger partial charge is 0.507 e. The summed E-state index contributed by atoms with van der Waals surface area (Å²) >= 11 is 5.91. The first-order valence-electron chi connectivity index (χ1n) is 10.3. The molecule has 170 valence electrons. The third kappa shape index (κ3) is 5.79. The molecule has 3 rings (SSSR count). The van der Waals surface area contributed by atoms with Gasteiger partial charge in [0.2, 0.25) is 5.89 Å². The molecule has 0 aliphatic carbocycles. The highest BCUT2D eigenvalue weighted by atomic mass is 35.5. The number of phenolic OH excluding ortho intramolecular Hbond substituents is 1. The average molecular weight is 466 g/mol. The molecule has 7 heteroatoms. The average Bonchev–Trinajstić information content (AvgIpc) is 3.20. The van der Waals surface area contributed by atoms with E-state index in [0.717, 1.165) is 11.1 Å². The number of benzene rings is 2. The lowest BCUT2D eigenvalue weighted by Gasteiger charge is -2.03. The van der Waals surface area contributed by atoms with E-state index in [1.54, 1.807) is 42.5 Å². The summed E-state index contributed by atoms with van der Waals surface area (Å²) in [5, 5.41) is 10.6. The summed E-state index contributed by atoms with van der Waals surface area (Å²) in [6.45, 7) is 5.76. The molecular weight excluding hydrogens is 442 g/mol. The number of oxazole rings is 1. The maximum Gasteiger partial charge on any atom is 0.330 e. The van der Waals surface area contributed by atoms with Crippen LogP contribution in [-0.4, -0.2) is 29.0 Å². The van der Waals surface area contributed by atoms with Crippen LogP contribution in [0.5, 0.6) is 5.75 Å². The lowest BCUT2D eigenvalue weighted by Crippen LogP contribution is -1.97. The summed E-state index contributed by atoms with van der Waals surface area (Å²) in [6, 6.07) is 9.91. The molecule has 1 aromatic heterocycles. The van der Waals surface area contributed by atoms with Crippen LogP contribution >= 0.6 is 11.6 Å². The Morgan fingerprint density at radius 2 is 1.88 bits per heavy atom. The minimum absolute atomic E-state index is 0.0126. The number of hydrogen-bond acceptors (Lipinski definition) is 6. The van der Waals surface area contributed by atoms with Crippen LogP contribution in [0, 0.1) is 6.92 Å². The molecule has 1 heterocycles. The van der Waals surface area contributed by atoms with E-state index >= 15 is 0 Å². The number of aromatic hydroxyl groups is 1. The molecule has 1 N–H and O–H groups in total. The maximum atomic E-state index is 12.8.